The van der Waals surface area contributed by atoms with E-state index in [1.807, 2.05) is 23.6 Å². The van der Waals surface area contributed by atoms with Crippen LogP contribution in [0.15, 0.2) is 0 Å². The lowest BCUT2D eigenvalue weighted by molar-refractivity contribution is -0.143. The molecule has 0 aromatic carbocycles. The van der Waals surface area contributed by atoms with Crippen molar-refractivity contribution in [3.63, 3.8) is 0 Å². The van der Waals surface area contributed by atoms with Crippen LogP contribution in [0.25, 0.3) is 0 Å². The highest BCUT2D eigenvalue weighted by molar-refractivity contribution is 5.79. The van der Waals surface area contributed by atoms with E-state index in [1.165, 1.54) is 26.4 Å². The first kappa shape index (κ1) is 18.0. The highest BCUT2D eigenvalue weighted by Crippen LogP contribution is 2.22. The molecule has 122 valence electrons. The Labute approximate surface area is 128 Å². The van der Waals surface area contributed by atoms with E-state index in [1.54, 1.807) is 0 Å². The zero-order chi connectivity index (χ0) is 15.7. The molecule has 0 spiro atoms. The van der Waals surface area contributed by atoms with Crippen molar-refractivity contribution in [1.82, 2.24) is 9.80 Å². The second-order valence-electron chi connectivity index (χ2n) is 5.76. The van der Waals surface area contributed by atoms with Crippen LogP contribution in [0.4, 0.5) is 0 Å². The van der Waals surface area contributed by atoms with Crippen molar-refractivity contribution in [3.05, 3.63) is 0 Å². The average Bonchev–Trinajstić information content (AvgIpc) is 2.49. The summed E-state index contributed by atoms with van der Waals surface area (Å²) in [6.45, 7) is 6.08. The molecule has 5 heteroatoms. The number of carbonyl (C=O) groups is 2. The molecule has 0 aliphatic heterocycles. The van der Waals surface area contributed by atoms with Crippen LogP contribution < -0.4 is 0 Å². The molecule has 1 fully saturated rings. The Morgan fingerprint density at radius 2 is 1.76 bits per heavy atom. The molecule has 0 saturated heterocycles. The number of rotatable bonds is 8. The van der Waals surface area contributed by atoms with Crippen LogP contribution in [0.3, 0.4) is 0 Å². The van der Waals surface area contributed by atoms with Crippen LogP contribution in [-0.2, 0) is 14.3 Å². The lowest BCUT2D eigenvalue weighted by Crippen LogP contribution is -2.47. The summed E-state index contributed by atoms with van der Waals surface area (Å²) in [5.41, 5.74) is 0. The Bertz CT molecular complexity index is 327. The average molecular weight is 298 g/mol. The maximum atomic E-state index is 12.6. The monoisotopic (exact) mass is 298 g/mol. The molecule has 5 nitrogen and oxygen atoms in total. The number of esters is 1. The molecule has 0 N–H and O–H groups in total. The molecule has 0 aromatic rings. The molecule has 1 rings (SSSR count). The molecule has 21 heavy (non-hydrogen) atoms. The normalized spacial score (nSPS) is 16.0. The second-order valence-corrected chi connectivity index (χ2v) is 5.76. The molecule has 0 unspecified atom stereocenters. The maximum absolute atomic E-state index is 12.6. The highest BCUT2D eigenvalue weighted by atomic mass is 16.5. The smallest absolute Gasteiger partial charge is 0.319 e. The van der Waals surface area contributed by atoms with Gasteiger partial charge in [0.1, 0.15) is 0 Å². The Balaban J connectivity index is 2.57. The van der Waals surface area contributed by atoms with E-state index in [0.717, 1.165) is 32.4 Å². The third-order valence-corrected chi connectivity index (χ3v) is 4.16. The summed E-state index contributed by atoms with van der Waals surface area (Å²) in [4.78, 5) is 27.9. The first-order valence-corrected chi connectivity index (χ1v) is 8.21. The number of carbonyl (C=O) groups excluding carboxylic acids is 2. The van der Waals surface area contributed by atoms with E-state index in [2.05, 4.69) is 0 Å². The molecular weight excluding hydrogens is 268 g/mol. The Hall–Kier alpha value is -1.10. The van der Waals surface area contributed by atoms with Gasteiger partial charge in [-0.1, -0.05) is 26.2 Å². The first-order chi connectivity index (χ1) is 10.1. The summed E-state index contributed by atoms with van der Waals surface area (Å²) in [5.74, 6) is -0.140. The maximum Gasteiger partial charge on any atom is 0.319 e. The molecule has 1 aliphatic rings. The van der Waals surface area contributed by atoms with E-state index < -0.39 is 0 Å². The summed E-state index contributed by atoms with van der Waals surface area (Å²) in [7, 11) is 1.38. The van der Waals surface area contributed by atoms with E-state index in [-0.39, 0.29) is 18.4 Å². The fourth-order valence-corrected chi connectivity index (χ4v) is 3.09. The quantitative estimate of drug-likeness (QED) is 0.644. The standard InChI is InChI=1S/C16H30N2O3/c1-4-11-17(13-16(20)21-3)12-15(19)18(5-2)14-9-7-6-8-10-14/h14H,4-13H2,1-3H3. The summed E-state index contributed by atoms with van der Waals surface area (Å²) in [5, 5.41) is 0. The van der Waals surface area contributed by atoms with Crippen molar-refractivity contribution in [3.8, 4) is 0 Å². The molecule has 1 amide bonds. The van der Waals surface area contributed by atoms with Crippen LogP contribution in [0.1, 0.15) is 52.4 Å². The lowest BCUT2D eigenvalue weighted by Gasteiger charge is -2.35. The predicted octanol–water partition coefficient (Wildman–Crippen LogP) is 2.05. The van der Waals surface area contributed by atoms with Crippen molar-refractivity contribution in [2.45, 2.75) is 58.4 Å². The predicted molar refractivity (Wildman–Crippen MR) is 83.0 cm³/mol. The largest absolute Gasteiger partial charge is 0.468 e. The zero-order valence-electron chi connectivity index (χ0n) is 13.8. The second kappa shape index (κ2) is 9.77. The van der Waals surface area contributed by atoms with Crippen LogP contribution in [0.5, 0.6) is 0 Å². The van der Waals surface area contributed by atoms with Gasteiger partial charge >= 0.3 is 5.97 Å². The molecular formula is C16H30N2O3. The Kier molecular flexibility index (Phi) is 8.35. The van der Waals surface area contributed by atoms with Crippen LogP contribution >= 0.6 is 0 Å². The van der Waals surface area contributed by atoms with E-state index in [9.17, 15) is 9.59 Å². The van der Waals surface area contributed by atoms with Gasteiger partial charge in [0.05, 0.1) is 20.2 Å². The zero-order valence-corrected chi connectivity index (χ0v) is 13.8. The molecule has 0 heterocycles. The van der Waals surface area contributed by atoms with Crippen LogP contribution in [0.2, 0.25) is 0 Å². The van der Waals surface area contributed by atoms with Gasteiger partial charge in [0.15, 0.2) is 0 Å². The lowest BCUT2D eigenvalue weighted by atomic mass is 9.94. The summed E-state index contributed by atoms with van der Waals surface area (Å²) in [6.07, 6.45) is 6.87. The van der Waals surface area contributed by atoms with Crippen LogP contribution in [-0.4, -0.2) is 61.0 Å². The van der Waals surface area contributed by atoms with Gasteiger partial charge in [-0.3, -0.25) is 14.5 Å². The molecule has 0 bridgehead atoms. The number of hydrogen-bond acceptors (Lipinski definition) is 4. The van der Waals surface area contributed by atoms with Gasteiger partial charge in [-0.15, -0.1) is 0 Å². The number of amides is 1. The van der Waals surface area contributed by atoms with Gasteiger partial charge in [0.2, 0.25) is 5.91 Å². The molecule has 0 radical (unpaired) electrons. The van der Waals surface area contributed by atoms with Gasteiger partial charge < -0.3 is 9.64 Å². The third kappa shape index (κ3) is 6.04. The third-order valence-electron chi connectivity index (χ3n) is 4.16. The van der Waals surface area contributed by atoms with Crippen molar-refractivity contribution in [2.24, 2.45) is 0 Å². The van der Waals surface area contributed by atoms with Crippen molar-refractivity contribution >= 4 is 11.9 Å². The van der Waals surface area contributed by atoms with Gasteiger partial charge in [0, 0.05) is 12.6 Å². The molecule has 1 aliphatic carbocycles. The summed E-state index contributed by atoms with van der Waals surface area (Å²) in [6, 6.07) is 0.387. The van der Waals surface area contributed by atoms with Gasteiger partial charge in [0.25, 0.3) is 0 Å². The van der Waals surface area contributed by atoms with E-state index >= 15 is 0 Å². The summed E-state index contributed by atoms with van der Waals surface area (Å²) >= 11 is 0. The molecule has 0 aromatic heterocycles. The minimum Gasteiger partial charge on any atom is -0.468 e. The topological polar surface area (TPSA) is 49.9 Å². The fourth-order valence-electron chi connectivity index (χ4n) is 3.09. The number of ether oxygens (including phenoxy) is 1. The molecule has 0 atom stereocenters. The number of nitrogens with zero attached hydrogens (tertiary/aromatic N) is 2. The number of hydrogen-bond donors (Lipinski definition) is 0. The van der Waals surface area contributed by atoms with Gasteiger partial charge in [-0.2, -0.15) is 0 Å². The Morgan fingerprint density at radius 3 is 2.29 bits per heavy atom. The SMILES string of the molecule is CCCN(CC(=O)OC)CC(=O)N(CC)C1CCCCC1. The van der Waals surface area contributed by atoms with Crippen molar-refractivity contribution in [1.29, 1.82) is 0 Å². The van der Waals surface area contributed by atoms with E-state index in [0.29, 0.717) is 12.6 Å². The minimum atomic E-state index is -0.281. The van der Waals surface area contributed by atoms with Gasteiger partial charge in [-0.05, 0) is 32.7 Å². The fraction of sp³-hybridized carbons (Fsp3) is 0.875. The first-order valence-electron chi connectivity index (χ1n) is 8.21. The highest BCUT2D eigenvalue weighted by Gasteiger charge is 2.25. The number of methoxy groups -OCH3 is 1. The minimum absolute atomic E-state index is 0.141. The molecule has 1 saturated carbocycles. The Morgan fingerprint density at radius 1 is 1.10 bits per heavy atom. The summed E-state index contributed by atoms with van der Waals surface area (Å²) < 4.78 is 4.71. The van der Waals surface area contributed by atoms with Crippen LogP contribution in [0, 0.1) is 0 Å². The number of likely N-dealkylation sites (N-methyl/N-ethyl adjacent to an activating group) is 1. The van der Waals surface area contributed by atoms with Gasteiger partial charge in [-0.25, -0.2) is 0 Å². The van der Waals surface area contributed by atoms with Crippen molar-refractivity contribution in [2.75, 3.05) is 33.3 Å². The van der Waals surface area contributed by atoms with Crippen molar-refractivity contribution < 1.29 is 14.3 Å². The van der Waals surface area contributed by atoms with E-state index in [4.69, 9.17) is 4.74 Å².